The van der Waals surface area contributed by atoms with Gasteiger partial charge in [-0.15, -0.1) is 0 Å². The van der Waals surface area contributed by atoms with Gasteiger partial charge >= 0.3 is 0 Å². The molecule has 0 unspecified atom stereocenters. The van der Waals surface area contributed by atoms with Gasteiger partial charge in [0.25, 0.3) is 0 Å². The maximum absolute atomic E-state index is 5.46. The van der Waals surface area contributed by atoms with Gasteiger partial charge in [-0.25, -0.2) is 9.78 Å². The Morgan fingerprint density at radius 2 is 1.10 bits per heavy atom. The summed E-state index contributed by atoms with van der Waals surface area (Å²) in [5.41, 5.74) is 2.18. The van der Waals surface area contributed by atoms with Crippen molar-refractivity contribution in [1.29, 1.82) is 0 Å². The van der Waals surface area contributed by atoms with Crippen molar-refractivity contribution < 1.29 is 19.2 Å². The summed E-state index contributed by atoms with van der Waals surface area (Å²) >= 11 is 0. The second-order valence-corrected chi connectivity index (χ2v) is 4.95. The van der Waals surface area contributed by atoms with Crippen LogP contribution in [0.4, 0.5) is 0 Å². The molecule has 110 valence electrons. The predicted molar refractivity (Wildman–Crippen MR) is 78.3 cm³/mol. The molecule has 2 atom stereocenters. The summed E-state index contributed by atoms with van der Waals surface area (Å²) in [4.78, 5) is 10.9. The fourth-order valence-corrected chi connectivity index (χ4v) is 2.43. The number of hydrogen-bond acceptors (Lipinski definition) is 4. The highest BCUT2D eigenvalue weighted by Crippen LogP contribution is 2.39. The zero-order chi connectivity index (χ0) is 14.7. The van der Waals surface area contributed by atoms with Crippen LogP contribution in [0.5, 0.6) is 11.5 Å². The largest absolute Gasteiger partial charge is 0.497 e. The maximum Gasteiger partial charge on any atom is 0.121 e. The fraction of sp³-hybridized carbons (Fsp3) is 0.294. The van der Waals surface area contributed by atoms with Crippen molar-refractivity contribution in [3.05, 3.63) is 59.7 Å². The average Bonchev–Trinajstić information content (AvgIpc) is 3.05. The highest BCUT2D eigenvalue weighted by Gasteiger charge is 2.29. The first-order chi connectivity index (χ1) is 10.3. The summed E-state index contributed by atoms with van der Waals surface area (Å²) in [7, 11) is 3.31. The molecule has 0 radical (unpaired) electrons. The minimum atomic E-state index is -0.0528. The molecule has 1 fully saturated rings. The Morgan fingerprint density at radius 1 is 0.714 bits per heavy atom. The van der Waals surface area contributed by atoms with Crippen LogP contribution < -0.4 is 9.47 Å². The van der Waals surface area contributed by atoms with E-state index in [1.54, 1.807) is 14.2 Å². The smallest absolute Gasteiger partial charge is 0.121 e. The van der Waals surface area contributed by atoms with Gasteiger partial charge in [0, 0.05) is 6.42 Å². The van der Waals surface area contributed by atoms with E-state index in [4.69, 9.17) is 19.2 Å². The average molecular weight is 286 g/mol. The van der Waals surface area contributed by atoms with E-state index in [2.05, 4.69) is 0 Å². The molecule has 1 aliphatic rings. The quantitative estimate of drug-likeness (QED) is 0.800. The number of methoxy groups -OCH3 is 2. The fourth-order valence-electron chi connectivity index (χ4n) is 2.43. The van der Waals surface area contributed by atoms with Crippen LogP contribution in [-0.2, 0) is 9.78 Å². The summed E-state index contributed by atoms with van der Waals surface area (Å²) in [5.74, 6) is 1.67. The third-order valence-corrected chi connectivity index (χ3v) is 3.69. The van der Waals surface area contributed by atoms with E-state index in [1.165, 1.54) is 0 Å². The van der Waals surface area contributed by atoms with Crippen molar-refractivity contribution in [2.75, 3.05) is 14.2 Å². The molecule has 3 rings (SSSR count). The highest BCUT2D eigenvalue weighted by molar-refractivity contribution is 5.31. The Balaban J connectivity index is 1.68. The molecule has 1 aliphatic heterocycles. The van der Waals surface area contributed by atoms with Crippen LogP contribution in [0, 0.1) is 0 Å². The van der Waals surface area contributed by atoms with Crippen LogP contribution in [-0.4, -0.2) is 14.2 Å². The van der Waals surface area contributed by atoms with E-state index in [0.717, 1.165) is 29.0 Å². The van der Waals surface area contributed by atoms with Crippen LogP contribution in [0.3, 0.4) is 0 Å². The molecule has 2 aromatic carbocycles. The van der Waals surface area contributed by atoms with Gasteiger partial charge in [0.1, 0.15) is 23.7 Å². The van der Waals surface area contributed by atoms with Crippen molar-refractivity contribution in [3.8, 4) is 11.5 Å². The molecule has 4 nitrogen and oxygen atoms in total. The summed E-state index contributed by atoms with van der Waals surface area (Å²) in [6, 6.07) is 15.7. The van der Waals surface area contributed by atoms with Gasteiger partial charge in [-0.05, 0) is 35.4 Å². The molecule has 0 saturated carbocycles. The number of benzene rings is 2. The molecule has 0 aliphatic carbocycles. The first kappa shape index (κ1) is 13.9. The molecule has 1 heterocycles. The van der Waals surface area contributed by atoms with Crippen LogP contribution in [0.2, 0.25) is 0 Å². The lowest BCUT2D eigenvalue weighted by Gasteiger charge is -2.08. The first-order valence-corrected chi connectivity index (χ1v) is 6.90. The third kappa shape index (κ3) is 3.01. The summed E-state index contributed by atoms with van der Waals surface area (Å²) in [6.07, 6.45) is 0.685. The zero-order valence-corrected chi connectivity index (χ0v) is 12.1. The molecule has 0 N–H and O–H groups in total. The lowest BCUT2D eigenvalue weighted by Crippen LogP contribution is -1.97. The number of rotatable bonds is 4. The van der Waals surface area contributed by atoms with Gasteiger partial charge in [0.15, 0.2) is 0 Å². The van der Waals surface area contributed by atoms with Crippen molar-refractivity contribution >= 4 is 0 Å². The van der Waals surface area contributed by atoms with Gasteiger partial charge in [0.05, 0.1) is 14.2 Å². The Morgan fingerprint density at radius 3 is 1.43 bits per heavy atom. The van der Waals surface area contributed by atoms with Gasteiger partial charge in [-0.1, -0.05) is 24.3 Å². The predicted octanol–water partition coefficient (Wildman–Crippen LogP) is 3.84. The molecule has 4 heteroatoms. The number of ether oxygens (including phenoxy) is 2. The molecule has 0 amide bonds. The second kappa shape index (κ2) is 6.16. The van der Waals surface area contributed by atoms with Gasteiger partial charge < -0.3 is 9.47 Å². The topological polar surface area (TPSA) is 36.9 Å². The normalized spacial score (nSPS) is 21.2. The van der Waals surface area contributed by atoms with E-state index in [0.29, 0.717) is 0 Å². The van der Waals surface area contributed by atoms with E-state index >= 15 is 0 Å². The van der Waals surface area contributed by atoms with Crippen molar-refractivity contribution in [2.24, 2.45) is 0 Å². The van der Waals surface area contributed by atoms with Crippen LogP contribution >= 0.6 is 0 Å². The van der Waals surface area contributed by atoms with Gasteiger partial charge in [-0.2, -0.15) is 0 Å². The first-order valence-electron chi connectivity index (χ1n) is 6.90. The number of hydrogen-bond donors (Lipinski definition) is 0. The van der Waals surface area contributed by atoms with E-state index in [1.807, 2.05) is 48.5 Å². The van der Waals surface area contributed by atoms with E-state index in [-0.39, 0.29) is 12.2 Å². The molecule has 2 aromatic rings. The molecular weight excluding hydrogens is 268 g/mol. The van der Waals surface area contributed by atoms with E-state index in [9.17, 15) is 0 Å². The minimum absolute atomic E-state index is 0.0528. The molecule has 0 bridgehead atoms. The minimum Gasteiger partial charge on any atom is -0.497 e. The third-order valence-electron chi connectivity index (χ3n) is 3.69. The Hall–Kier alpha value is -2.04. The second-order valence-electron chi connectivity index (χ2n) is 4.95. The SMILES string of the molecule is COc1ccc([C@H]2C[C@H](c3ccc(OC)cc3)OO2)cc1. The lowest BCUT2D eigenvalue weighted by atomic mass is 9.99. The van der Waals surface area contributed by atoms with Crippen LogP contribution in [0.1, 0.15) is 29.8 Å². The van der Waals surface area contributed by atoms with Crippen LogP contribution in [0.15, 0.2) is 48.5 Å². The maximum atomic E-state index is 5.46. The molecule has 21 heavy (non-hydrogen) atoms. The summed E-state index contributed by atoms with van der Waals surface area (Å²) in [6.45, 7) is 0. The zero-order valence-electron chi connectivity index (χ0n) is 12.1. The van der Waals surface area contributed by atoms with E-state index < -0.39 is 0 Å². The molecule has 1 saturated heterocycles. The van der Waals surface area contributed by atoms with Crippen molar-refractivity contribution in [3.63, 3.8) is 0 Å². The standard InChI is InChI=1S/C17H18O4/c1-18-14-7-3-12(4-8-14)16-11-17(21-20-16)13-5-9-15(19-2)10-6-13/h3-10,16-17H,11H2,1-2H3/t16-,17-/m1/s1. The van der Waals surface area contributed by atoms with Crippen molar-refractivity contribution in [1.82, 2.24) is 0 Å². The molecular formula is C17H18O4. The van der Waals surface area contributed by atoms with Gasteiger partial charge in [0.2, 0.25) is 0 Å². The summed E-state index contributed by atoms with van der Waals surface area (Å²) < 4.78 is 10.3. The Bertz CT molecular complexity index is 523. The van der Waals surface area contributed by atoms with Crippen LogP contribution in [0.25, 0.3) is 0 Å². The van der Waals surface area contributed by atoms with Gasteiger partial charge in [-0.3, -0.25) is 0 Å². The monoisotopic (exact) mass is 286 g/mol. The Labute approximate surface area is 124 Å². The lowest BCUT2D eigenvalue weighted by molar-refractivity contribution is -0.300. The molecule has 0 aromatic heterocycles. The summed E-state index contributed by atoms with van der Waals surface area (Å²) in [5, 5.41) is 0. The highest BCUT2D eigenvalue weighted by atomic mass is 17.2. The Kier molecular flexibility index (Phi) is 4.08. The molecule has 0 spiro atoms. The van der Waals surface area contributed by atoms with Crippen molar-refractivity contribution in [2.45, 2.75) is 18.6 Å².